The number of hydrogen-bond donors (Lipinski definition) is 2. The van der Waals surface area contributed by atoms with Crippen LogP contribution in [-0.4, -0.2) is 51.0 Å². The number of hydrogen-bond acceptors (Lipinski definition) is 6. The van der Waals surface area contributed by atoms with Gasteiger partial charge in [0.1, 0.15) is 11.8 Å². The molecule has 9 heteroatoms. The van der Waals surface area contributed by atoms with Crippen LogP contribution in [0, 0.1) is 17.2 Å². The fourth-order valence-electron chi connectivity index (χ4n) is 4.73. The molecule has 0 aromatic heterocycles. The van der Waals surface area contributed by atoms with Crippen LogP contribution in [0.1, 0.15) is 38.8 Å². The molecule has 0 bridgehead atoms. The molecule has 2 N–H and O–H groups in total. The molecular weight excluding hydrogens is 506 g/mol. The highest BCUT2D eigenvalue weighted by molar-refractivity contribution is 6.09. The van der Waals surface area contributed by atoms with Gasteiger partial charge < -0.3 is 25.2 Å². The topological polar surface area (TPSA) is 115 Å². The van der Waals surface area contributed by atoms with Crippen molar-refractivity contribution in [1.82, 2.24) is 10.6 Å². The molecule has 1 unspecified atom stereocenters. The maximum Gasteiger partial charge on any atom is 0.251 e. The summed E-state index contributed by atoms with van der Waals surface area (Å²) in [7, 11) is 3.22. The van der Waals surface area contributed by atoms with Crippen molar-refractivity contribution in [3.8, 4) is 11.8 Å². The fourth-order valence-corrected chi connectivity index (χ4v) is 4.73. The van der Waals surface area contributed by atoms with Gasteiger partial charge in [-0.25, -0.2) is 0 Å². The molecule has 3 amide bonds. The molecule has 1 aliphatic rings. The maximum atomic E-state index is 14.1. The zero-order valence-electron chi connectivity index (χ0n) is 23.9. The van der Waals surface area contributed by atoms with Crippen molar-refractivity contribution >= 4 is 39.9 Å². The van der Waals surface area contributed by atoms with Gasteiger partial charge in [-0.15, -0.1) is 0 Å². The average molecular weight is 544 g/mol. The number of methoxy groups -OCH3 is 1. The largest absolute Gasteiger partial charge is 0.496 e. The van der Waals surface area contributed by atoms with E-state index in [4.69, 9.17) is 4.74 Å². The van der Waals surface area contributed by atoms with Gasteiger partial charge in [-0.2, -0.15) is 5.26 Å². The third kappa shape index (κ3) is 6.24. The van der Waals surface area contributed by atoms with Crippen LogP contribution in [0.4, 0.5) is 11.4 Å². The number of fused-ring (bicyclic) bond motifs is 2. The predicted molar refractivity (Wildman–Crippen MR) is 157 cm³/mol. The lowest BCUT2D eigenvalue weighted by Gasteiger charge is -2.27. The Morgan fingerprint density at radius 3 is 2.48 bits per heavy atom. The molecule has 0 saturated heterocycles. The van der Waals surface area contributed by atoms with Gasteiger partial charge >= 0.3 is 0 Å². The van der Waals surface area contributed by atoms with Gasteiger partial charge in [-0.1, -0.05) is 58.0 Å². The van der Waals surface area contributed by atoms with Crippen molar-refractivity contribution in [3.63, 3.8) is 0 Å². The monoisotopic (exact) mass is 543 g/mol. The second-order valence-corrected chi connectivity index (χ2v) is 9.46. The van der Waals surface area contributed by atoms with Crippen molar-refractivity contribution in [2.45, 2.75) is 40.3 Å². The molecule has 1 atom stereocenters. The lowest BCUT2D eigenvalue weighted by Crippen LogP contribution is -2.54. The highest BCUT2D eigenvalue weighted by Gasteiger charge is 2.38. The molecule has 9 nitrogen and oxygen atoms in total. The summed E-state index contributed by atoms with van der Waals surface area (Å²) in [6.45, 7) is 7.64. The Morgan fingerprint density at radius 2 is 1.82 bits per heavy atom. The summed E-state index contributed by atoms with van der Waals surface area (Å²) < 4.78 is 5.68. The van der Waals surface area contributed by atoms with Crippen molar-refractivity contribution in [3.05, 3.63) is 65.7 Å². The Morgan fingerprint density at radius 1 is 1.10 bits per heavy atom. The molecule has 4 rings (SSSR count). The number of nitrogens with zero attached hydrogens (tertiary/aromatic N) is 3. The van der Waals surface area contributed by atoms with Gasteiger partial charge in [0.15, 0.2) is 0 Å². The van der Waals surface area contributed by atoms with Gasteiger partial charge in [0, 0.05) is 11.5 Å². The standard InChI is InChI=1S/C29H31N5O4.C2H6/c1-18(2)28(36)34-17-23(32-27(35)15-31-3)29(37)33(24-11-9-19(14-30)13-25(24)34)16-22-21-8-6-5-7-20(21)10-12-26(22)38-4;1-2/h5-13,18,23,31H,15-17H2,1-4H3,(H,32,35);1-2H3. The van der Waals surface area contributed by atoms with Crippen molar-refractivity contribution < 1.29 is 19.1 Å². The summed E-state index contributed by atoms with van der Waals surface area (Å²) in [6.07, 6.45) is 0. The number of benzene rings is 3. The summed E-state index contributed by atoms with van der Waals surface area (Å²) >= 11 is 0. The van der Waals surface area contributed by atoms with Crippen LogP contribution in [-0.2, 0) is 20.9 Å². The minimum atomic E-state index is -1.00. The molecule has 0 spiro atoms. The van der Waals surface area contributed by atoms with E-state index in [1.165, 1.54) is 4.90 Å². The highest BCUT2D eigenvalue weighted by atomic mass is 16.5. The molecule has 1 heterocycles. The van der Waals surface area contributed by atoms with E-state index in [0.29, 0.717) is 22.7 Å². The third-order valence-corrected chi connectivity index (χ3v) is 6.58. The zero-order valence-corrected chi connectivity index (χ0v) is 23.9. The zero-order chi connectivity index (χ0) is 29.4. The van der Waals surface area contributed by atoms with E-state index < -0.39 is 6.04 Å². The molecule has 0 aliphatic carbocycles. The minimum absolute atomic E-state index is 0.0184. The van der Waals surface area contributed by atoms with Crippen LogP contribution in [0.3, 0.4) is 0 Å². The Hall–Kier alpha value is -4.42. The second-order valence-electron chi connectivity index (χ2n) is 9.46. The minimum Gasteiger partial charge on any atom is -0.496 e. The number of nitriles is 1. The molecule has 3 aromatic rings. The van der Waals surface area contributed by atoms with Gasteiger partial charge in [0.2, 0.25) is 11.8 Å². The number of likely N-dealkylation sites (N-methyl/N-ethyl adjacent to an activating group) is 1. The van der Waals surface area contributed by atoms with E-state index in [1.54, 1.807) is 51.1 Å². The molecule has 1 aliphatic heterocycles. The van der Waals surface area contributed by atoms with E-state index >= 15 is 0 Å². The van der Waals surface area contributed by atoms with Crippen molar-refractivity contribution in [1.29, 1.82) is 5.26 Å². The Labute approximate surface area is 235 Å². The van der Waals surface area contributed by atoms with Gasteiger partial charge in [0.05, 0.1) is 49.8 Å². The fraction of sp³-hybridized carbons (Fsp3) is 0.355. The first-order chi connectivity index (χ1) is 19.3. The number of ether oxygens (including phenoxy) is 1. The molecular formula is C31H37N5O4. The first kappa shape index (κ1) is 30.1. The average Bonchev–Trinajstić information content (AvgIpc) is 3.08. The van der Waals surface area contributed by atoms with E-state index in [0.717, 1.165) is 16.3 Å². The Balaban J connectivity index is 0.00000216. The molecule has 3 aromatic carbocycles. The molecule has 210 valence electrons. The summed E-state index contributed by atoms with van der Waals surface area (Å²) in [4.78, 5) is 43.2. The van der Waals surface area contributed by atoms with Gasteiger partial charge in [0.25, 0.3) is 5.91 Å². The van der Waals surface area contributed by atoms with E-state index in [2.05, 4.69) is 16.7 Å². The smallest absolute Gasteiger partial charge is 0.251 e. The summed E-state index contributed by atoms with van der Waals surface area (Å²) in [5, 5.41) is 17.1. The SMILES string of the molecule is CC.CNCC(=O)NC1CN(C(=O)C(C)C)c2cc(C#N)ccc2N(Cc2c(OC)ccc3ccccc23)C1=O. The molecule has 0 radical (unpaired) electrons. The van der Waals surface area contributed by atoms with Gasteiger partial charge in [-0.3, -0.25) is 14.4 Å². The van der Waals surface area contributed by atoms with Crippen molar-refractivity contribution in [2.24, 2.45) is 5.92 Å². The summed E-state index contributed by atoms with van der Waals surface area (Å²) in [5.41, 5.74) is 2.07. The van der Waals surface area contributed by atoms with Crippen molar-refractivity contribution in [2.75, 3.05) is 37.0 Å². The van der Waals surface area contributed by atoms with Gasteiger partial charge in [-0.05, 0) is 42.1 Å². The first-order valence-corrected chi connectivity index (χ1v) is 13.4. The second kappa shape index (κ2) is 13.6. The van der Waals surface area contributed by atoms with E-state index in [-0.39, 0.29) is 43.3 Å². The highest BCUT2D eigenvalue weighted by Crippen LogP contribution is 2.38. The number of amides is 3. The van der Waals surface area contributed by atoms with Crippen LogP contribution < -0.4 is 25.2 Å². The predicted octanol–water partition coefficient (Wildman–Crippen LogP) is 3.99. The number of carbonyl (C=O) groups is 3. The first-order valence-electron chi connectivity index (χ1n) is 13.4. The number of nitrogens with one attached hydrogen (secondary N) is 2. The van der Waals surface area contributed by atoms with Crippen LogP contribution in [0.15, 0.2) is 54.6 Å². The lowest BCUT2D eigenvalue weighted by atomic mass is 10.0. The quantitative estimate of drug-likeness (QED) is 0.466. The number of carbonyl (C=O) groups excluding carboxylic acids is 3. The van der Waals surface area contributed by atoms with Crippen LogP contribution in [0.25, 0.3) is 10.8 Å². The Bertz CT molecular complexity index is 1430. The maximum absolute atomic E-state index is 14.1. The molecule has 40 heavy (non-hydrogen) atoms. The van der Waals surface area contributed by atoms with E-state index in [1.807, 2.05) is 50.2 Å². The van der Waals surface area contributed by atoms with Crippen LogP contribution in [0.2, 0.25) is 0 Å². The van der Waals surface area contributed by atoms with Crippen LogP contribution in [0.5, 0.6) is 5.75 Å². The Kier molecular flexibility index (Phi) is 10.2. The number of rotatable bonds is 7. The lowest BCUT2D eigenvalue weighted by molar-refractivity contribution is -0.127. The normalized spacial score (nSPS) is 14.6. The van der Waals surface area contributed by atoms with Crippen LogP contribution >= 0.6 is 0 Å². The van der Waals surface area contributed by atoms with E-state index in [9.17, 15) is 19.6 Å². The summed E-state index contributed by atoms with van der Waals surface area (Å²) in [5.74, 6) is -0.709. The molecule has 0 saturated carbocycles. The number of anilines is 2. The molecule has 0 fully saturated rings. The summed E-state index contributed by atoms with van der Waals surface area (Å²) in [6, 6.07) is 17.7. The third-order valence-electron chi connectivity index (χ3n) is 6.58.